The number of benzene rings is 1. The predicted octanol–water partition coefficient (Wildman–Crippen LogP) is 3.53. The molecule has 0 radical (unpaired) electrons. The molecule has 1 rings (SSSR count). The van der Waals surface area contributed by atoms with E-state index < -0.39 is 18.6 Å². The lowest BCUT2D eigenvalue weighted by molar-refractivity contribution is -0.136. The van der Waals surface area contributed by atoms with Gasteiger partial charge in [0.1, 0.15) is 6.54 Å². The van der Waals surface area contributed by atoms with Crippen LogP contribution in [-0.4, -0.2) is 24.4 Å². The van der Waals surface area contributed by atoms with Crippen LogP contribution in [0.15, 0.2) is 27.6 Å². The number of rotatable bonds is 4. The molecule has 0 bridgehead atoms. The van der Waals surface area contributed by atoms with E-state index in [2.05, 4.69) is 15.9 Å². The summed E-state index contributed by atoms with van der Waals surface area (Å²) in [5.74, 6) is -0.655. The van der Waals surface area contributed by atoms with Gasteiger partial charge in [0.05, 0.1) is 5.75 Å². The van der Waals surface area contributed by atoms with E-state index in [0.29, 0.717) is 0 Å². The molecule has 1 aromatic rings. The van der Waals surface area contributed by atoms with Gasteiger partial charge in [-0.2, -0.15) is 13.2 Å². The van der Waals surface area contributed by atoms with Gasteiger partial charge in [0.2, 0.25) is 5.91 Å². The third kappa shape index (κ3) is 5.77. The maximum Gasteiger partial charge on any atom is 0.405 e. The smallest absolute Gasteiger partial charge is 0.346 e. The molecule has 0 aliphatic heterocycles. The molecule has 0 unspecified atom stereocenters. The fraction of sp³-hybridized carbons (Fsp3) is 0.364. The Morgan fingerprint density at radius 1 is 1.44 bits per heavy atom. The quantitative estimate of drug-likeness (QED) is 0.849. The van der Waals surface area contributed by atoms with Crippen LogP contribution in [0.5, 0.6) is 0 Å². The highest BCUT2D eigenvalue weighted by Crippen LogP contribution is 2.25. The number of hydrogen-bond acceptors (Lipinski definition) is 2. The molecular formula is C11H11BrF3NOS. The Balaban J connectivity index is 2.43. The number of carbonyl (C=O) groups is 1. The minimum atomic E-state index is -4.37. The fourth-order valence-electron chi connectivity index (χ4n) is 1.17. The molecular weight excluding hydrogens is 331 g/mol. The van der Waals surface area contributed by atoms with Crippen molar-refractivity contribution < 1.29 is 18.0 Å². The van der Waals surface area contributed by atoms with E-state index in [9.17, 15) is 18.0 Å². The first kappa shape index (κ1) is 15.4. The molecule has 1 aromatic carbocycles. The van der Waals surface area contributed by atoms with Crippen LogP contribution in [0.3, 0.4) is 0 Å². The molecule has 0 fully saturated rings. The first-order valence-electron chi connectivity index (χ1n) is 5.00. The second-order valence-corrected chi connectivity index (χ2v) is 5.52. The summed E-state index contributed by atoms with van der Waals surface area (Å²) in [4.78, 5) is 12.1. The second kappa shape index (κ2) is 6.47. The molecule has 0 saturated heterocycles. The van der Waals surface area contributed by atoms with Gasteiger partial charge in [-0.15, -0.1) is 11.8 Å². The molecule has 0 aliphatic rings. The highest BCUT2D eigenvalue weighted by molar-refractivity contribution is 9.10. The normalized spacial score (nSPS) is 11.4. The number of thioether (sulfide) groups is 1. The number of nitrogens with one attached hydrogen (secondary N) is 1. The Labute approximate surface area is 115 Å². The van der Waals surface area contributed by atoms with Gasteiger partial charge in [0, 0.05) is 9.37 Å². The van der Waals surface area contributed by atoms with Crippen molar-refractivity contribution in [2.45, 2.75) is 18.0 Å². The van der Waals surface area contributed by atoms with Gasteiger partial charge in [-0.25, -0.2) is 0 Å². The van der Waals surface area contributed by atoms with Crippen molar-refractivity contribution in [1.29, 1.82) is 0 Å². The summed E-state index contributed by atoms with van der Waals surface area (Å²) in [7, 11) is 0. The van der Waals surface area contributed by atoms with Crippen LogP contribution < -0.4 is 5.32 Å². The van der Waals surface area contributed by atoms with Gasteiger partial charge >= 0.3 is 6.18 Å². The van der Waals surface area contributed by atoms with E-state index in [0.717, 1.165) is 14.9 Å². The summed E-state index contributed by atoms with van der Waals surface area (Å²) in [5.41, 5.74) is 0.970. The van der Waals surface area contributed by atoms with Crippen LogP contribution in [0, 0.1) is 6.92 Å². The topological polar surface area (TPSA) is 29.1 Å². The van der Waals surface area contributed by atoms with Crippen LogP contribution in [0.1, 0.15) is 5.56 Å². The highest BCUT2D eigenvalue weighted by atomic mass is 79.9. The van der Waals surface area contributed by atoms with Crippen LogP contribution >= 0.6 is 27.7 Å². The summed E-state index contributed by atoms with van der Waals surface area (Å²) in [6.07, 6.45) is -4.37. The molecule has 1 amide bonds. The van der Waals surface area contributed by atoms with Gasteiger partial charge in [-0.05, 0) is 30.7 Å². The minimum Gasteiger partial charge on any atom is -0.346 e. The van der Waals surface area contributed by atoms with Crippen LogP contribution in [0.25, 0.3) is 0 Å². The number of carbonyl (C=O) groups excluding carboxylic acids is 1. The molecule has 18 heavy (non-hydrogen) atoms. The van der Waals surface area contributed by atoms with Crippen LogP contribution in [-0.2, 0) is 4.79 Å². The van der Waals surface area contributed by atoms with Crippen molar-refractivity contribution in [1.82, 2.24) is 5.32 Å². The van der Waals surface area contributed by atoms with Crippen LogP contribution in [0.4, 0.5) is 13.2 Å². The van der Waals surface area contributed by atoms with Crippen LogP contribution in [0.2, 0.25) is 0 Å². The van der Waals surface area contributed by atoms with Gasteiger partial charge in [-0.1, -0.05) is 15.9 Å². The Bertz CT molecular complexity index is 437. The largest absolute Gasteiger partial charge is 0.405 e. The van der Waals surface area contributed by atoms with Gasteiger partial charge in [0.15, 0.2) is 0 Å². The van der Waals surface area contributed by atoms with Crippen molar-refractivity contribution in [3.63, 3.8) is 0 Å². The average Bonchev–Trinajstić information content (AvgIpc) is 2.24. The summed E-state index contributed by atoms with van der Waals surface area (Å²) in [6, 6.07) is 5.53. The molecule has 0 aliphatic carbocycles. The first-order valence-corrected chi connectivity index (χ1v) is 6.78. The number of alkyl halides is 3. The maximum absolute atomic E-state index is 11.9. The molecule has 1 N–H and O–H groups in total. The Morgan fingerprint density at radius 3 is 2.67 bits per heavy atom. The predicted molar refractivity (Wildman–Crippen MR) is 68.7 cm³/mol. The molecule has 2 nitrogen and oxygen atoms in total. The highest BCUT2D eigenvalue weighted by Gasteiger charge is 2.27. The standard InChI is InChI=1S/C11H11BrF3NOS/c1-7-4-8(12)2-3-9(7)18-5-10(17)16-6-11(13,14)15/h2-4H,5-6H2,1H3,(H,16,17). The SMILES string of the molecule is Cc1cc(Br)ccc1SCC(=O)NCC(F)(F)F. The Hall–Kier alpha value is -0.690. The van der Waals surface area contributed by atoms with Crippen molar-refractivity contribution in [3.05, 3.63) is 28.2 Å². The van der Waals surface area contributed by atoms with Gasteiger partial charge < -0.3 is 5.32 Å². The third-order valence-electron chi connectivity index (χ3n) is 1.98. The lowest BCUT2D eigenvalue weighted by Gasteiger charge is -2.09. The van der Waals surface area contributed by atoms with Crippen molar-refractivity contribution in [3.8, 4) is 0 Å². The van der Waals surface area contributed by atoms with Crippen molar-refractivity contribution in [2.24, 2.45) is 0 Å². The minimum absolute atomic E-state index is 0.0292. The number of halogens is 4. The van der Waals surface area contributed by atoms with E-state index in [1.165, 1.54) is 11.8 Å². The zero-order valence-corrected chi connectivity index (χ0v) is 11.9. The lowest BCUT2D eigenvalue weighted by atomic mass is 10.2. The fourth-order valence-corrected chi connectivity index (χ4v) is 2.48. The van der Waals surface area contributed by atoms with E-state index in [1.54, 1.807) is 0 Å². The molecule has 7 heteroatoms. The zero-order chi connectivity index (χ0) is 13.8. The number of hydrogen-bond donors (Lipinski definition) is 1. The molecule has 0 aromatic heterocycles. The maximum atomic E-state index is 11.9. The number of amides is 1. The molecule has 0 atom stereocenters. The average molecular weight is 342 g/mol. The Kier molecular flexibility index (Phi) is 5.52. The summed E-state index contributed by atoms with van der Waals surface area (Å²) in [5, 5.41) is 1.83. The van der Waals surface area contributed by atoms with Crippen molar-refractivity contribution >= 4 is 33.6 Å². The molecule has 100 valence electrons. The van der Waals surface area contributed by atoms with E-state index in [1.807, 2.05) is 30.4 Å². The summed E-state index contributed by atoms with van der Waals surface area (Å²) in [6.45, 7) is 0.590. The summed E-state index contributed by atoms with van der Waals surface area (Å²) >= 11 is 4.52. The van der Waals surface area contributed by atoms with Gasteiger partial charge in [0.25, 0.3) is 0 Å². The van der Waals surface area contributed by atoms with Crippen molar-refractivity contribution in [2.75, 3.05) is 12.3 Å². The summed E-state index contributed by atoms with van der Waals surface area (Å²) < 4.78 is 36.5. The molecule has 0 saturated carbocycles. The third-order valence-corrected chi connectivity index (χ3v) is 3.65. The second-order valence-electron chi connectivity index (χ2n) is 3.59. The zero-order valence-electron chi connectivity index (χ0n) is 9.47. The molecule has 0 spiro atoms. The monoisotopic (exact) mass is 341 g/mol. The van der Waals surface area contributed by atoms with E-state index >= 15 is 0 Å². The van der Waals surface area contributed by atoms with E-state index in [4.69, 9.17) is 0 Å². The molecule has 0 heterocycles. The van der Waals surface area contributed by atoms with E-state index in [-0.39, 0.29) is 5.75 Å². The Morgan fingerprint density at radius 2 is 2.11 bits per heavy atom. The van der Waals surface area contributed by atoms with Gasteiger partial charge in [-0.3, -0.25) is 4.79 Å². The first-order chi connectivity index (χ1) is 8.28. The lowest BCUT2D eigenvalue weighted by Crippen LogP contribution is -2.34. The number of aryl methyl sites for hydroxylation is 1.